The normalized spacial score (nSPS) is 14.0. The maximum atomic E-state index is 11.8. The van der Waals surface area contributed by atoms with E-state index in [9.17, 15) is 9.59 Å². The number of hydrogen-bond donors (Lipinski definition) is 1. The Morgan fingerprint density at radius 3 is 2.68 bits per heavy atom. The summed E-state index contributed by atoms with van der Waals surface area (Å²) in [5.41, 5.74) is 0.473. The standard InChI is InChI=1S/C19H25NO5/c1-4-19(2,3)20-17(21)13-25-18(22)9-7-14-6-8-15-16(12-14)24-11-5-10-23-15/h6-9,12H,4-5,10-11,13H2,1-3H3,(H,20,21)/b9-7+. The van der Waals surface area contributed by atoms with E-state index in [-0.39, 0.29) is 18.1 Å². The first-order valence-electron chi connectivity index (χ1n) is 8.45. The van der Waals surface area contributed by atoms with Crippen molar-refractivity contribution in [1.29, 1.82) is 0 Å². The van der Waals surface area contributed by atoms with E-state index in [1.54, 1.807) is 12.1 Å². The topological polar surface area (TPSA) is 73.9 Å². The second-order valence-electron chi connectivity index (χ2n) is 6.48. The third-order valence-electron chi connectivity index (χ3n) is 3.89. The van der Waals surface area contributed by atoms with Gasteiger partial charge < -0.3 is 19.5 Å². The zero-order valence-corrected chi connectivity index (χ0v) is 15.0. The summed E-state index contributed by atoms with van der Waals surface area (Å²) < 4.78 is 16.1. The van der Waals surface area contributed by atoms with Crippen LogP contribution in [0.3, 0.4) is 0 Å². The first kappa shape index (κ1) is 18.8. The number of amides is 1. The molecule has 136 valence electrons. The molecular formula is C19H25NO5. The fourth-order valence-electron chi connectivity index (χ4n) is 2.13. The third-order valence-corrected chi connectivity index (χ3v) is 3.89. The molecule has 1 aromatic carbocycles. The Labute approximate surface area is 148 Å². The summed E-state index contributed by atoms with van der Waals surface area (Å²) in [5.74, 6) is 0.474. The van der Waals surface area contributed by atoms with Gasteiger partial charge in [0, 0.05) is 18.0 Å². The lowest BCUT2D eigenvalue weighted by atomic mass is 10.0. The van der Waals surface area contributed by atoms with Crippen molar-refractivity contribution in [3.05, 3.63) is 29.8 Å². The molecule has 1 N–H and O–H groups in total. The molecule has 0 fully saturated rings. The second kappa shape index (κ2) is 8.55. The van der Waals surface area contributed by atoms with E-state index in [0.717, 1.165) is 18.4 Å². The molecule has 0 unspecified atom stereocenters. The molecule has 6 heteroatoms. The molecule has 1 amide bonds. The van der Waals surface area contributed by atoms with Gasteiger partial charge in [0.15, 0.2) is 18.1 Å². The highest BCUT2D eigenvalue weighted by molar-refractivity contribution is 5.89. The molecule has 1 aliphatic rings. The van der Waals surface area contributed by atoms with E-state index in [1.807, 2.05) is 32.9 Å². The molecule has 0 aromatic heterocycles. The van der Waals surface area contributed by atoms with Crippen molar-refractivity contribution in [3.8, 4) is 11.5 Å². The molecule has 0 atom stereocenters. The van der Waals surface area contributed by atoms with E-state index in [1.165, 1.54) is 6.08 Å². The lowest BCUT2D eigenvalue weighted by Gasteiger charge is -2.24. The van der Waals surface area contributed by atoms with Crippen LogP contribution in [0.5, 0.6) is 11.5 Å². The number of carbonyl (C=O) groups excluding carboxylic acids is 2. The maximum Gasteiger partial charge on any atom is 0.331 e. The third kappa shape index (κ3) is 6.14. The first-order valence-corrected chi connectivity index (χ1v) is 8.45. The average molecular weight is 347 g/mol. The average Bonchev–Trinajstić information content (AvgIpc) is 2.82. The van der Waals surface area contributed by atoms with E-state index >= 15 is 0 Å². The quantitative estimate of drug-likeness (QED) is 0.633. The van der Waals surface area contributed by atoms with Crippen LogP contribution in [0.25, 0.3) is 6.08 Å². The SMILES string of the molecule is CCC(C)(C)NC(=O)COC(=O)/C=C/c1ccc2c(c1)OCCCO2. The van der Waals surface area contributed by atoms with Crippen LogP contribution in [0, 0.1) is 0 Å². The monoisotopic (exact) mass is 347 g/mol. The van der Waals surface area contributed by atoms with Crippen LogP contribution >= 0.6 is 0 Å². The van der Waals surface area contributed by atoms with Crippen molar-refractivity contribution in [2.45, 2.75) is 39.2 Å². The fourth-order valence-corrected chi connectivity index (χ4v) is 2.13. The Hall–Kier alpha value is -2.50. The summed E-state index contributed by atoms with van der Waals surface area (Å²) in [6.45, 7) is 6.74. The molecule has 0 spiro atoms. The molecule has 0 saturated carbocycles. The van der Waals surface area contributed by atoms with Crippen molar-refractivity contribution in [2.75, 3.05) is 19.8 Å². The van der Waals surface area contributed by atoms with E-state index < -0.39 is 5.97 Å². The Kier molecular flexibility index (Phi) is 6.44. The molecule has 0 bridgehead atoms. The molecule has 25 heavy (non-hydrogen) atoms. The number of carbonyl (C=O) groups is 2. The lowest BCUT2D eigenvalue weighted by molar-refractivity contribution is -0.144. The van der Waals surface area contributed by atoms with E-state index in [4.69, 9.17) is 14.2 Å². The number of esters is 1. The number of benzene rings is 1. The zero-order valence-electron chi connectivity index (χ0n) is 15.0. The highest BCUT2D eigenvalue weighted by Crippen LogP contribution is 2.30. The summed E-state index contributed by atoms with van der Waals surface area (Å²) in [6, 6.07) is 5.45. The summed E-state index contributed by atoms with van der Waals surface area (Å²) in [4.78, 5) is 23.5. The van der Waals surface area contributed by atoms with Crippen molar-refractivity contribution >= 4 is 18.0 Å². The summed E-state index contributed by atoms with van der Waals surface area (Å²) in [6.07, 6.45) is 4.53. The molecule has 0 radical (unpaired) electrons. The molecule has 0 aliphatic carbocycles. The molecule has 0 saturated heterocycles. The Morgan fingerprint density at radius 1 is 1.24 bits per heavy atom. The minimum Gasteiger partial charge on any atom is -0.490 e. The highest BCUT2D eigenvalue weighted by Gasteiger charge is 2.18. The maximum absolute atomic E-state index is 11.8. The Balaban J connectivity index is 1.86. The molecular weight excluding hydrogens is 322 g/mol. The van der Waals surface area contributed by atoms with Crippen LogP contribution in [-0.2, 0) is 14.3 Å². The summed E-state index contributed by atoms with van der Waals surface area (Å²) >= 11 is 0. The van der Waals surface area contributed by atoms with E-state index in [0.29, 0.717) is 24.7 Å². The van der Waals surface area contributed by atoms with Gasteiger partial charge in [-0.05, 0) is 44.0 Å². The summed E-state index contributed by atoms with van der Waals surface area (Å²) in [7, 11) is 0. The molecule has 1 heterocycles. The second-order valence-corrected chi connectivity index (χ2v) is 6.48. The zero-order chi connectivity index (χ0) is 18.3. The van der Waals surface area contributed by atoms with Crippen molar-refractivity contribution in [2.24, 2.45) is 0 Å². The van der Waals surface area contributed by atoms with Gasteiger partial charge in [0.2, 0.25) is 0 Å². The molecule has 1 aromatic rings. The molecule has 1 aliphatic heterocycles. The van der Waals surface area contributed by atoms with Crippen LogP contribution in [0.2, 0.25) is 0 Å². The summed E-state index contributed by atoms with van der Waals surface area (Å²) in [5, 5.41) is 2.80. The van der Waals surface area contributed by atoms with Gasteiger partial charge in [0.1, 0.15) is 0 Å². The Bertz CT molecular complexity index is 651. The predicted octanol–water partition coefficient (Wildman–Crippen LogP) is 2.71. The number of rotatable bonds is 6. The van der Waals surface area contributed by atoms with Gasteiger partial charge >= 0.3 is 5.97 Å². The minimum atomic E-state index is -0.573. The van der Waals surface area contributed by atoms with Crippen molar-refractivity contribution in [3.63, 3.8) is 0 Å². The van der Waals surface area contributed by atoms with Gasteiger partial charge in [0.05, 0.1) is 13.2 Å². The van der Waals surface area contributed by atoms with Gasteiger partial charge in [-0.1, -0.05) is 13.0 Å². The lowest BCUT2D eigenvalue weighted by Crippen LogP contribution is -2.44. The van der Waals surface area contributed by atoms with Gasteiger partial charge in [-0.15, -0.1) is 0 Å². The first-order chi connectivity index (χ1) is 11.9. The Morgan fingerprint density at radius 2 is 1.96 bits per heavy atom. The van der Waals surface area contributed by atoms with Crippen LogP contribution in [0.4, 0.5) is 0 Å². The van der Waals surface area contributed by atoms with Crippen molar-refractivity contribution in [1.82, 2.24) is 5.32 Å². The van der Waals surface area contributed by atoms with Gasteiger partial charge in [-0.2, -0.15) is 0 Å². The molecule has 6 nitrogen and oxygen atoms in total. The predicted molar refractivity (Wildman–Crippen MR) is 94.6 cm³/mol. The number of hydrogen-bond acceptors (Lipinski definition) is 5. The van der Waals surface area contributed by atoms with Crippen LogP contribution in [-0.4, -0.2) is 37.2 Å². The molecule has 2 rings (SSSR count). The van der Waals surface area contributed by atoms with Gasteiger partial charge in [-0.25, -0.2) is 4.79 Å². The van der Waals surface area contributed by atoms with Gasteiger partial charge in [0.25, 0.3) is 5.91 Å². The number of nitrogens with one attached hydrogen (secondary N) is 1. The largest absolute Gasteiger partial charge is 0.490 e. The minimum absolute atomic E-state index is 0.298. The number of fused-ring (bicyclic) bond motifs is 1. The van der Waals surface area contributed by atoms with Crippen LogP contribution in [0.1, 0.15) is 39.2 Å². The van der Waals surface area contributed by atoms with E-state index in [2.05, 4.69) is 5.32 Å². The number of ether oxygens (including phenoxy) is 3. The smallest absolute Gasteiger partial charge is 0.331 e. The van der Waals surface area contributed by atoms with Crippen LogP contribution < -0.4 is 14.8 Å². The van der Waals surface area contributed by atoms with Gasteiger partial charge in [-0.3, -0.25) is 4.79 Å². The fraction of sp³-hybridized carbons (Fsp3) is 0.474. The van der Waals surface area contributed by atoms with Crippen molar-refractivity contribution < 1.29 is 23.8 Å². The highest BCUT2D eigenvalue weighted by atomic mass is 16.5. The van der Waals surface area contributed by atoms with Crippen LogP contribution in [0.15, 0.2) is 24.3 Å².